The standard InChI is InChI=1S/C13H18BF3N5/c1-9-11(8-22-5-3-19-4-6-22)7-12(14(15,16)17)10(2)13(9)20-21-18/h7,19H,3-6,8H2,1-2H3/q-1. The predicted octanol–water partition coefficient (Wildman–Crippen LogP) is 2.70. The molecule has 1 N–H and O–H groups in total. The molecule has 0 saturated carbocycles. The van der Waals surface area contributed by atoms with Crippen molar-refractivity contribution in [3.8, 4) is 0 Å². The van der Waals surface area contributed by atoms with Gasteiger partial charge in [-0.2, -0.15) is 0 Å². The van der Waals surface area contributed by atoms with Crippen molar-refractivity contribution < 1.29 is 12.9 Å². The van der Waals surface area contributed by atoms with E-state index >= 15 is 0 Å². The van der Waals surface area contributed by atoms with E-state index in [1.165, 1.54) is 13.0 Å². The summed E-state index contributed by atoms with van der Waals surface area (Å²) in [7, 11) is 0. The molecule has 0 aromatic heterocycles. The Kier molecular flexibility index (Phi) is 5.00. The van der Waals surface area contributed by atoms with Gasteiger partial charge in [0.05, 0.1) is 0 Å². The first-order chi connectivity index (χ1) is 10.3. The maximum absolute atomic E-state index is 13.3. The number of nitrogens with zero attached hydrogens (tertiary/aromatic N) is 4. The van der Waals surface area contributed by atoms with E-state index in [0.717, 1.165) is 26.2 Å². The third-order valence-corrected chi connectivity index (χ3v) is 4.06. The molecule has 0 bridgehead atoms. The number of benzene rings is 1. The molecular weight excluding hydrogens is 294 g/mol. The van der Waals surface area contributed by atoms with Gasteiger partial charge in [0.15, 0.2) is 0 Å². The van der Waals surface area contributed by atoms with Gasteiger partial charge in [-0.3, -0.25) is 4.90 Å². The van der Waals surface area contributed by atoms with Crippen molar-refractivity contribution in [2.75, 3.05) is 26.2 Å². The van der Waals surface area contributed by atoms with Gasteiger partial charge in [0, 0.05) is 43.3 Å². The number of hydrogen-bond donors (Lipinski definition) is 1. The molecule has 1 fully saturated rings. The molecule has 1 aliphatic heterocycles. The number of piperazine rings is 1. The summed E-state index contributed by atoms with van der Waals surface area (Å²) in [6, 6.07) is 1.21. The van der Waals surface area contributed by atoms with Gasteiger partial charge in [-0.1, -0.05) is 16.7 Å². The lowest BCUT2D eigenvalue weighted by atomic mass is 9.75. The van der Waals surface area contributed by atoms with Gasteiger partial charge >= 0.3 is 6.98 Å². The summed E-state index contributed by atoms with van der Waals surface area (Å²) in [5.41, 5.74) is 9.27. The topological polar surface area (TPSA) is 64.0 Å². The van der Waals surface area contributed by atoms with E-state index in [2.05, 4.69) is 20.2 Å². The molecule has 1 aromatic rings. The van der Waals surface area contributed by atoms with Crippen LogP contribution in [0.3, 0.4) is 0 Å². The predicted molar refractivity (Wildman–Crippen MR) is 81.6 cm³/mol. The molecular formula is C13H18BF3N5-. The molecule has 0 atom stereocenters. The summed E-state index contributed by atoms with van der Waals surface area (Å²) in [5, 5.41) is 6.70. The molecule has 9 heteroatoms. The number of hydrogen-bond acceptors (Lipinski definition) is 3. The zero-order valence-corrected chi connectivity index (χ0v) is 12.6. The Bertz CT molecular complexity index is 605. The molecule has 120 valence electrons. The Balaban J connectivity index is 2.47. The first kappa shape index (κ1) is 16.7. The lowest BCUT2D eigenvalue weighted by molar-refractivity contribution is 0.233. The van der Waals surface area contributed by atoms with Crippen LogP contribution < -0.4 is 10.8 Å². The van der Waals surface area contributed by atoms with Crippen molar-refractivity contribution in [3.05, 3.63) is 33.2 Å². The Labute approximate surface area is 127 Å². The van der Waals surface area contributed by atoms with Crippen LogP contribution in [0.25, 0.3) is 10.4 Å². The maximum Gasteiger partial charge on any atom is 0.509 e. The fourth-order valence-electron chi connectivity index (χ4n) is 2.78. The van der Waals surface area contributed by atoms with Crippen LogP contribution in [0.4, 0.5) is 18.6 Å². The maximum atomic E-state index is 13.3. The van der Waals surface area contributed by atoms with Crippen molar-refractivity contribution in [2.24, 2.45) is 5.11 Å². The Morgan fingerprint density at radius 1 is 1.27 bits per heavy atom. The minimum absolute atomic E-state index is 0.00635. The average molecular weight is 312 g/mol. The third kappa shape index (κ3) is 3.55. The van der Waals surface area contributed by atoms with Crippen LogP contribution in [-0.4, -0.2) is 38.1 Å². The van der Waals surface area contributed by atoms with Gasteiger partial charge in [-0.25, -0.2) is 0 Å². The summed E-state index contributed by atoms with van der Waals surface area (Å²) in [6.07, 6.45) is 0. The van der Waals surface area contributed by atoms with Crippen LogP contribution in [0.5, 0.6) is 0 Å². The van der Waals surface area contributed by atoms with Gasteiger partial charge in [-0.05, 0) is 30.5 Å². The van der Waals surface area contributed by atoms with Crippen LogP contribution in [0, 0.1) is 13.8 Å². The van der Waals surface area contributed by atoms with E-state index in [1.807, 2.05) is 0 Å². The van der Waals surface area contributed by atoms with E-state index in [1.54, 1.807) is 6.92 Å². The van der Waals surface area contributed by atoms with Crippen molar-refractivity contribution in [3.63, 3.8) is 0 Å². The Morgan fingerprint density at radius 2 is 1.91 bits per heavy atom. The second kappa shape index (κ2) is 6.60. The average Bonchev–Trinajstić information content (AvgIpc) is 2.46. The van der Waals surface area contributed by atoms with Gasteiger partial charge in [0.25, 0.3) is 0 Å². The molecule has 1 heterocycles. The fraction of sp³-hybridized carbons (Fsp3) is 0.538. The van der Waals surface area contributed by atoms with E-state index in [0.29, 0.717) is 17.7 Å². The van der Waals surface area contributed by atoms with Crippen molar-refractivity contribution in [1.82, 2.24) is 10.2 Å². The second-order valence-corrected chi connectivity index (χ2v) is 5.51. The molecule has 1 saturated heterocycles. The Hall–Kier alpha value is -1.70. The fourth-order valence-corrected chi connectivity index (χ4v) is 2.78. The normalized spacial score (nSPS) is 16.4. The zero-order chi connectivity index (χ0) is 16.3. The molecule has 0 unspecified atom stereocenters. The molecule has 1 aliphatic rings. The SMILES string of the molecule is Cc1c(CN2CCNCC2)cc([B-](F)(F)F)c(C)c1N=[N+]=[N-]. The molecule has 2 rings (SSSR count). The summed E-state index contributed by atoms with van der Waals surface area (Å²) >= 11 is 0. The number of azide groups is 1. The molecule has 0 aliphatic carbocycles. The van der Waals surface area contributed by atoms with Crippen LogP contribution >= 0.6 is 0 Å². The molecule has 5 nitrogen and oxygen atoms in total. The number of rotatable bonds is 4. The second-order valence-electron chi connectivity index (χ2n) is 5.51. The van der Waals surface area contributed by atoms with Gasteiger partial charge < -0.3 is 18.3 Å². The van der Waals surface area contributed by atoms with Gasteiger partial charge in [0.2, 0.25) is 0 Å². The molecule has 22 heavy (non-hydrogen) atoms. The van der Waals surface area contributed by atoms with Crippen molar-refractivity contribution >= 4 is 18.1 Å². The highest BCUT2D eigenvalue weighted by molar-refractivity contribution is 6.74. The first-order valence-electron chi connectivity index (χ1n) is 7.15. The number of halogens is 3. The summed E-state index contributed by atoms with van der Waals surface area (Å²) in [6.45, 7) is 1.58. The summed E-state index contributed by atoms with van der Waals surface area (Å²) in [5.74, 6) is 0. The van der Waals surface area contributed by atoms with E-state index in [9.17, 15) is 12.9 Å². The smallest absolute Gasteiger partial charge is 0.445 e. The molecule has 1 aromatic carbocycles. The first-order valence-corrected chi connectivity index (χ1v) is 7.15. The van der Waals surface area contributed by atoms with E-state index in [-0.39, 0.29) is 11.3 Å². The lowest BCUT2D eigenvalue weighted by Crippen LogP contribution is -2.43. The largest absolute Gasteiger partial charge is 0.509 e. The van der Waals surface area contributed by atoms with Crippen molar-refractivity contribution in [1.29, 1.82) is 0 Å². The van der Waals surface area contributed by atoms with Gasteiger partial charge in [0.1, 0.15) is 0 Å². The van der Waals surface area contributed by atoms with E-state index < -0.39 is 12.4 Å². The highest BCUT2D eigenvalue weighted by Crippen LogP contribution is 2.29. The summed E-state index contributed by atoms with van der Waals surface area (Å²) < 4.78 is 39.8. The van der Waals surface area contributed by atoms with Gasteiger partial charge in [-0.15, -0.1) is 5.46 Å². The molecule has 0 amide bonds. The Morgan fingerprint density at radius 3 is 2.45 bits per heavy atom. The van der Waals surface area contributed by atoms with Crippen LogP contribution in [-0.2, 0) is 6.54 Å². The highest BCUT2D eigenvalue weighted by Gasteiger charge is 2.29. The minimum Gasteiger partial charge on any atom is -0.445 e. The lowest BCUT2D eigenvalue weighted by Gasteiger charge is -2.29. The van der Waals surface area contributed by atoms with Crippen molar-refractivity contribution in [2.45, 2.75) is 20.4 Å². The molecule has 0 spiro atoms. The van der Waals surface area contributed by atoms with Crippen LogP contribution in [0.15, 0.2) is 11.2 Å². The highest BCUT2D eigenvalue weighted by atomic mass is 19.4. The third-order valence-electron chi connectivity index (χ3n) is 4.06. The minimum atomic E-state index is -5.14. The number of nitrogens with one attached hydrogen (secondary N) is 1. The monoisotopic (exact) mass is 312 g/mol. The van der Waals surface area contributed by atoms with E-state index in [4.69, 9.17) is 5.53 Å². The van der Waals surface area contributed by atoms with Crippen LogP contribution in [0.2, 0.25) is 0 Å². The molecule has 0 radical (unpaired) electrons. The summed E-state index contributed by atoms with van der Waals surface area (Å²) in [4.78, 5) is 4.78. The quantitative estimate of drug-likeness (QED) is 0.402. The van der Waals surface area contributed by atoms with Crippen LogP contribution in [0.1, 0.15) is 16.7 Å². The zero-order valence-electron chi connectivity index (χ0n) is 12.6.